The molecule has 1 unspecified atom stereocenters. The molecule has 0 spiro atoms. The first-order valence-corrected chi connectivity index (χ1v) is 35.2. The fourth-order valence-corrected chi connectivity index (χ4v) is 15.1. The molecule has 5 atom stereocenters. The maximum atomic E-state index is 14.6. The molecule has 1 aliphatic carbocycles. The van der Waals surface area contributed by atoms with Gasteiger partial charge in [-0.2, -0.15) is 5.26 Å². The number of phenols is 1. The molecule has 72 heavy (non-hydrogen) atoms. The summed E-state index contributed by atoms with van der Waals surface area (Å²) in [7, 11) is -3.30. The molecular formula is C58H83N3O8Si3. The van der Waals surface area contributed by atoms with E-state index >= 15 is 0 Å². The summed E-state index contributed by atoms with van der Waals surface area (Å²) < 4.78 is 40.5. The van der Waals surface area contributed by atoms with E-state index in [4.69, 9.17) is 27.8 Å². The number of benzene rings is 4. The maximum Gasteiger partial charge on any atom is 0.407 e. The van der Waals surface area contributed by atoms with Crippen LogP contribution in [-0.2, 0) is 24.9 Å². The summed E-state index contributed by atoms with van der Waals surface area (Å²) in [5, 5.41) is 27.8. The van der Waals surface area contributed by atoms with E-state index in [2.05, 4.69) is 127 Å². The van der Waals surface area contributed by atoms with Crippen molar-refractivity contribution < 1.29 is 37.7 Å². The van der Waals surface area contributed by atoms with E-state index in [0.29, 0.717) is 28.9 Å². The van der Waals surface area contributed by atoms with Gasteiger partial charge in [-0.05, 0) is 83.5 Å². The van der Waals surface area contributed by atoms with Gasteiger partial charge >= 0.3 is 6.09 Å². The Morgan fingerprint density at radius 2 is 1.40 bits per heavy atom. The maximum absolute atomic E-state index is 14.6. The number of carbonyl (C=O) groups is 1. The van der Waals surface area contributed by atoms with Gasteiger partial charge in [0, 0.05) is 30.7 Å². The van der Waals surface area contributed by atoms with Crippen molar-refractivity contribution in [1.29, 1.82) is 5.26 Å². The Morgan fingerprint density at radius 1 is 0.819 bits per heavy atom. The molecular weight excluding hydrogens is 951 g/mol. The molecule has 1 amide bonds. The molecule has 6 rings (SSSR count). The van der Waals surface area contributed by atoms with Crippen LogP contribution in [0.5, 0.6) is 17.2 Å². The fraction of sp³-hybridized carbons (Fsp3) is 0.517. The van der Waals surface area contributed by atoms with Gasteiger partial charge in [-0.1, -0.05) is 152 Å². The van der Waals surface area contributed by atoms with Crippen LogP contribution in [0.25, 0.3) is 11.1 Å². The Labute approximate surface area is 434 Å². The van der Waals surface area contributed by atoms with Crippen LogP contribution in [0.2, 0.25) is 61.9 Å². The smallest absolute Gasteiger partial charge is 0.407 e. The minimum atomic E-state index is -2.68. The molecule has 4 aromatic rings. The van der Waals surface area contributed by atoms with Crippen molar-refractivity contribution in [3.63, 3.8) is 0 Å². The van der Waals surface area contributed by atoms with Crippen molar-refractivity contribution in [2.45, 2.75) is 160 Å². The Hall–Kier alpha value is -4.73. The molecule has 0 fully saturated rings. The van der Waals surface area contributed by atoms with E-state index in [1.165, 1.54) is 0 Å². The number of nitrogens with zero attached hydrogens (tertiary/aromatic N) is 2. The lowest BCUT2D eigenvalue weighted by atomic mass is 9.81. The summed E-state index contributed by atoms with van der Waals surface area (Å²) in [4.78, 5) is 16.7. The first-order valence-electron chi connectivity index (χ1n) is 26.0. The predicted molar refractivity (Wildman–Crippen MR) is 298 cm³/mol. The quantitative estimate of drug-likeness (QED) is 0.0547. The number of carbonyl (C=O) groups excluding carboxylic acids is 1. The van der Waals surface area contributed by atoms with Gasteiger partial charge in [0.25, 0.3) is 0 Å². The zero-order valence-corrected chi connectivity index (χ0v) is 48.7. The Morgan fingerprint density at radius 3 is 1.94 bits per heavy atom. The molecule has 0 bridgehead atoms. The number of nitrogens with one attached hydrogen (secondary N) is 1. The monoisotopic (exact) mass is 1030 g/mol. The molecule has 2 N–H and O–H groups in total. The number of hydrogen-bond acceptors (Lipinski definition) is 10. The lowest BCUT2D eigenvalue weighted by Crippen LogP contribution is -2.62. The number of nitriles is 1. The lowest BCUT2D eigenvalue weighted by molar-refractivity contribution is -0.0611. The molecule has 390 valence electrons. The Bertz CT molecular complexity index is 2480. The minimum Gasteiger partial charge on any atom is -0.504 e. The third kappa shape index (κ3) is 12.4. The fourth-order valence-electron chi connectivity index (χ4n) is 10.4. The molecule has 0 aromatic heterocycles. The first-order chi connectivity index (χ1) is 34.2. The van der Waals surface area contributed by atoms with E-state index in [-0.39, 0.29) is 48.9 Å². The molecule has 14 heteroatoms. The van der Waals surface area contributed by atoms with Gasteiger partial charge in [0.15, 0.2) is 28.1 Å². The highest BCUT2D eigenvalue weighted by Gasteiger charge is 2.54. The van der Waals surface area contributed by atoms with Crippen LogP contribution >= 0.6 is 0 Å². The topological polar surface area (TPSA) is 132 Å². The molecule has 2 aliphatic rings. The van der Waals surface area contributed by atoms with Gasteiger partial charge in [-0.3, -0.25) is 4.90 Å². The number of hydrogen-bond donors (Lipinski definition) is 2. The van der Waals surface area contributed by atoms with Crippen molar-refractivity contribution in [1.82, 2.24) is 10.2 Å². The molecule has 1 aliphatic heterocycles. The number of rotatable bonds is 23. The lowest BCUT2D eigenvalue weighted by Gasteiger charge is -2.53. The number of amides is 1. The molecule has 11 nitrogen and oxygen atoms in total. The molecule has 0 saturated heterocycles. The summed E-state index contributed by atoms with van der Waals surface area (Å²) in [5.41, 5.74) is 7.31. The van der Waals surface area contributed by atoms with Gasteiger partial charge in [0.2, 0.25) is 0 Å². The summed E-state index contributed by atoms with van der Waals surface area (Å²) in [6.07, 6.45) is 3.26. The number of fused-ring (bicyclic) bond motifs is 4. The number of phenolic OH excluding ortho intramolecular Hbond substituents is 1. The van der Waals surface area contributed by atoms with Crippen LogP contribution in [0, 0.1) is 18.3 Å². The van der Waals surface area contributed by atoms with Crippen LogP contribution in [-0.4, -0.2) is 93.0 Å². The van der Waals surface area contributed by atoms with E-state index in [9.17, 15) is 15.2 Å². The second-order valence-corrected chi connectivity index (χ2v) is 37.4. The first kappa shape index (κ1) is 56.6. The standard InChI is InChI=1S/C58H83N3O8Si3/c1-15-72(16-2,17-3)68-39-50-56(69-71(13,14)58(5,6)7)52-51(53(62)55(65-9)40(4)54(52)64-8)49(38-66-36-41-27-19-18-20-28-41)61(50)48(35-59)47(33-25-26-34-70(10,11)12)60-57(63)67-37-46-44-31-23-21-29-42(44)43-30-22-24-32-45(43)46/h18-32,46-50,56,62H,15-17,33-34,36-39H2,1-14H3,(H,60,63)/b26-25+/t47-,48?,49-,50+,56-/m0/s1. The average molecular weight is 1030 g/mol. The predicted octanol–water partition coefficient (Wildman–Crippen LogP) is 13.8. The normalized spacial score (nSPS) is 18.2. The van der Waals surface area contributed by atoms with Gasteiger partial charge in [-0.15, -0.1) is 0 Å². The third-order valence-electron chi connectivity index (χ3n) is 15.7. The summed E-state index contributed by atoms with van der Waals surface area (Å²) in [6.45, 7) is 27.3. The summed E-state index contributed by atoms with van der Waals surface area (Å²) in [5.74, 6) is 0.590. The highest BCUT2D eigenvalue weighted by molar-refractivity contribution is 6.76. The minimum absolute atomic E-state index is 0.0628. The zero-order valence-electron chi connectivity index (χ0n) is 45.7. The summed E-state index contributed by atoms with van der Waals surface area (Å²) >= 11 is 0. The third-order valence-corrected chi connectivity index (χ3v) is 26.2. The second kappa shape index (κ2) is 24.1. The van der Waals surface area contributed by atoms with Crippen molar-refractivity contribution in [3.05, 3.63) is 124 Å². The molecule has 0 radical (unpaired) electrons. The number of methoxy groups -OCH3 is 2. The van der Waals surface area contributed by atoms with Crippen LogP contribution in [0.15, 0.2) is 91.0 Å². The van der Waals surface area contributed by atoms with Crippen molar-refractivity contribution in [2.24, 2.45) is 0 Å². The van der Waals surface area contributed by atoms with Gasteiger partial charge in [0.05, 0.1) is 64.3 Å². The van der Waals surface area contributed by atoms with Crippen molar-refractivity contribution in [3.8, 4) is 34.4 Å². The Balaban J connectivity index is 1.55. The van der Waals surface area contributed by atoms with Crippen molar-refractivity contribution in [2.75, 3.05) is 34.0 Å². The zero-order chi connectivity index (χ0) is 52.6. The van der Waals surface area contributed by atoms with Crippen LogP contribution in [0.3, 0.4) is 0 Å². The van der Waals surface area contributed by atoms with Gasteiger partial charge in [-0.25, -0.2) is 4.79 Å². The highest BCUT2D eigenvalue weighted by Crippen LogP contribution is 2.57. The number of allylic oxidation sites excluding steroid dienone is 1. The molecule has 0 saturated carbocycles. The number of alkyl carbamates (subject to hydrolysis) is 1. The number of aromatic hydroxyl groups is 1. The van der Waals surface area contributed by atoms with Gasteiger partial charge < -0.3 is 38.2 Å². The average Bonchev–Trinajstić information content (AvgIpc) is 3.67. The van der Waals surface area contributed by atoms with Crippen LogP contribution in [0.4, 0.5) is 4.79 Å². The Kier molecular flexibility index (Phi) is 18.9. The highest BCUT2D eigenvalue weighted by atomic mass is 28.4. The number of ether oxygens (including phenoxy) is 4. The van der Waals surface area contributed by atoms with E-state index in [1.54, 1.807) is 14.2 Å². The largest absolute Gasteiger partial charge is 0.504 e. The second-order valence-electron chi connectivity index (χ2n) is 22.4. The van der Waals surface area contributed by atoms with Crippen molar-refractivity contribution >= 4 is 30.8 Å². The van der Waals surface area contributed by atoms with E-state index in [1.807, 2.05) is 61.5 Å². The SMILES string of the molecule is CC[Si](CC)(CC)OC[C@@H]1[C@H](O[Si](C)(C)C(C)(C)C)c2c(OC)c(C)c(OC)c(O)c2[C@H](COCc2ccccc2)N1C(C#N)[C@H](C/C=C/C[Si](C)(C)C)NC(=O)OCC1c2ccccc2-c2ccccc21. The van der Waals surface area contributed by atoms with Crippen LogP contribution in [0.1, 0.15) is 99.4 Å². The van der Waals surface area contributed by atoms with Gasteiger partial charge in [0.1, 0.15) is 18.4 Å². The van der Waals surface area contributed by atoms with Crippen LogP contribution < -0.4 is 14.8 Å². The molecule has 1 heterocycles. The molecule has 4 aromatic carbocycles. The van der Waals surface area contributed by atoms with E-state index < -0.39 is 61.1 Å². The van der Waals surface area contributed by atoms with E-state index in [0.717, 1.165) is 52.0 Å². The summed E-state index contributed by atoms with van der Waals surface area (Å²) in [6, 6.07) is 29.7.